The number of halogens is 1. The highest BCUT2D eigenvalue weighted by Gasteiger charge is 2.40. The molecule has 0 saturated heterocycles. The Hall–Kier alpha value is -3.27. The maximum Gasteiger partial charge on any atom is 0.269 e. The minimum absolute atomic E-state index is 0.0355. The first-order chi connectivity index (χ1) is 16.7. The summed E-state index contributed by atoms with van der Waals surface area (Å²) in [6.07, 6.45) is 1.76. The van der Waals surface area contributed by atoms with E-state index in [9.17, 15) is 27.2 Å². The summed E-state index contributed by atoms with van der Waals surface area (Å²) in [5.41, 5.74) is 0.773. The van der Waals surface area contributed by atoms with Crippen molar-refractivity contribution >= 4 is 27.7 Å². The maximum atomic E-state index is 13.3. The minimum Gasteiger partial charge on any atom is -0.354 e. The number of carbonyl (C=O) groups is 3. The number of amides is 3. The summed E-state index contributed by atoms with van der Waals surface area (Å²) in [7, 11) is -3.95. The van der Waals surface area contributed by atoms with Crippen molar-refractivity contribution in [3.05, 3.63) is 65.5 Å². The monoisotopic (exact) mass is 503 g/mol. The molecular weight excluding hydrogens is 473 g/mol. The van der Waals surface area contributed by atoms with E-state index in [-0.39, 0.29) is 48.2 Å². The molecule has 1 aliphatic heterocycles. The lowest BCUT2D eigenvalue weighted by atomic mass is 10.1. The predicted molar refractivity (Wildman–Crippen MR) is 128 cm³/mol. The van der Waals surface area contributed by atoms with Crippen molar-refractivity contribution in [2.24, 2.45) is 0 Å². The van der Waals surface area contributed by atoms with Gasteiger partial charge in [-0.25, -0.2) is 17.1 Å². The van der Waals surface area contributed by atoms with Crippen molar-refractivity contribution < 1.29 is 27.2 Å². The van der Waals surface area contributed by atoms with E-state index in [0.29, 0.717) is 12.1 Å². The molecule has 2 aromatic carbocycles. The van der Waals surface area contributed by atoms with Gasteiger partial charge in [0.25, 0.3) is 15.9 Å². The van der Waals surface area contributed by atoms with Crippen molar-refractivity contribution in [1.82, 2.24) is 14.5 Å². The molecular formula is C25H30FN3O5S. The Morgan fingerprint density at radius 2 is 1.77 bits per heavy atom. The fourth-order valence-electron chi connectivity index (χ4n) is 3.87. The van der Waals surface area contributed by atoms with Crippen molar-refractivity contribution in [3.63, 3.8) is 0 Å². The van der Waals surface area contributed by atoms with Gasteiger partial charge in [-0.15, -0.1) is 0 Å². The molecule has 1 aliphatic rings. The van der Waals surface area contributed by atoms with E-state index < -0.39 is 27.8 Å². The molecule has 3 amide bonds. The van der Waals surface area contributed by atoms with Gasteiger partial charge in [0.15, 0.2) is 0 Å². The lowest BCUT2D eigenvalue weighted by Crippen LogP contribution is -2.47. The van der Waals surface area contributed by atoms with Crippen molar-refractivity contribution in [2.45, 2.75) is 57.0 Å². The number of hydrogen-bond donors (Lipinski definition) is 1. The molecule has 0 bridgehead atoms. The smallest absolute Gasteiger partial charge is 0.269 e. The van der Waals surface area contributed by atoms with Crippen LogP contribution < -0.4 is 5.32 Å². The molecule has 10 heteroatoms. The van der Waals surface area contributed by atoms with Crippen LogP contribution in [0.3, 0.4) is 0 Å². The van der Waals surface area contributed by atoms with Crippen LogP contribution in [0.1, 0.15) is 55.5 Å². The molecule has 188 valence electrons. The highest BCUT2D eigenvalue weighted by atomic mass is 32.2. The number of unbranched alkanes of at least 4 members (excludes halogenated alkanes) is 1. The second kappa shape index (κ2) is 11.4. The van der Waals surface area contributed by atoms with Gasteiger partial charge < -0.3 is 10.2 Å². The molecule has 0 spiro atoms. The molecule has 2 aromatic rings. The van der Waals surface area contributed by atoms with Gasteiger partial charge >= 0.3 is 0 Å². The average Bonchev–Trinajstić information content (AvgIpc) is 3.04. The third-order valence-corrected chi connectivity index (χ3v) is 7.77. The zero-order chi connectivity index (χ0) is 25.6. The fraction of sp³-hybridized carbons (Fsp3) is 0.400. The average molecular weight is 504 g/mol. The Morgan fingerprint density at radius 1 is 1.09 bits per heavy atom. The normalized spacial score (nSPS) is 14.9. The number of sulfonamides is 1. The van der Waals surface area contributed by atoms with E-state index in [4.69, 9.17) is 0 Å². The Labute approximate surface area is 205 Å². The molecule has 0 fully saturated rings. The van der Waals surface area contributed by atoms with E-state index in [1.54, 1.807) is 31.2 Å². The molecule has 35 heavy (non-hydrogen) atoms. The number of fused-ring (bicyclic) bond motifs is 1. The number of carbonyl (C=O) groups excluding carboxylic acids is 3. The van der Waals surface area contributed by atoms with Gasteiger partial charge in [0.2, 0.25) is 11.8 Å². The number of nitrogens with zero attached hydrogens (tertiary/aromatic N) is 2. The molecule has 0 aliphatic carbocycles. The van der Waals surface area contributed by atoms with Crippen molar-refractivity contribution in [3.8, 4) is 0 Å². The van der Waals surface area contributed by atoms with Gasteiger partial charge in [0.05, 0.1) is 5.56 Å². The summed E-state index contributed by atoms with van der Waals surface area (Å²) in [4.78, 5) is 39.7. The van der Waals surface area contributed by atoms with Crippen LogP contribution in [0, 0.1) is 5.82 Å². The van der Waals surface area contributed by atoms with E-state index in [0.717, 1.165) is 17.1 Å². The van der Waals surface area contributed by atoms with Crippen molar-refractivity contribution in [2.75, 3.05) is 13.1 Å². The van der Waals surface area contributed by atoms with Crippen LogP contribution in [0.5, 0.6) is 0 Å². The Balaban J connectivity index is 1.68. The predicted octanol–water partition coefficient (Wildman–Crippen LogP) is 3.08. The van der Waals surface area contributed by atoms with Gasteiger partial charge in [-0.05, 0) is 49.6 Å². The van der Waals surface area contributed by atoms with Crippen LogP contribution in [-0.2, 0) is 26.2 Å². The number of hydrogen-bond acceptors (Lipinski definition) is 5. The first-order valence-electron chi connectivity index (χ1n) is 11.6. The molecule has 1 heterocycles. The van der Waals surface area contributed by atoms with Crippen molar-refractivity contribution in [1.29, 1.82) is 0 Å². The van der Waals surface area contributed by atoms with Crippen LogP contribution >= 0.6 is 0 Å². The Bertz CT molecular complexity index is 1180. The maximum absolute atomic E-state index is 13.3. The molecule has 0 radical (unpaired) electrons. The SMILES string of the molecule is CCCCNC(=O)[C@@H](C)N(Cc1ccc(F)cc1)C(=O)CCCN1C(=O)c2ccccc2S1(=O)=O. The number of rotatable bonds is 11. The summed E-state index contributed by atoms with van der Waals surface area (Å²) < 4.78 is 39.6. The summed E-state index contributed by atoms with van der Waals surface area (Å²) in [5, 5.41) is 2.82. The van der Waals surface area contributed by atoms with Gasteiger partial charge in [0, 0.05) is 26.1 Å². The molecule has 0 unspecified atom stereocenters. The largest absolute Gasteiger partial charge is 0.354 e. The molecule has 0 saturated carbocycles. The van der Waals surface area contributed by atoms with Crippen LogP contribution in [0.4, 0.5) is 4.39 Å². The topological polar surface area (TPSA) is 104 Å². The lowest BCUT2D eigenvalue weighted by molar-refractivity contribution is -0.140. The van der Waals surface area contributed by atoms with E-state index >= 15 is 0 Å². The minimum atomic E-state index is -3.95. The first-order valence-corrected chi connectivity index (χ1v) is 13.1. The summed E-state index contributed by atoms with van der Waals surface area (Å²) in [6.45, 7) is 4.06. The van der Waals surface area contributed by atoms with Gasteiger partial charge in [-0.3, -0.25) is 14.4 Å². The van der Waals surface area contributed by atoms with Crippen LogP contribution in [0.15, 0.2) is 53.4 Å². The van der Waals surface area contributed by atoms with Crippen LogP contribution in [0.25, 0.3) is 0 Å². The molecule has 0 aromatic heterocycles. The fourth-order valence-corrected chi connectivity index (χ4v) is 5.48. The second-order valence-electron chi connectivity index (χ2n) is 8.45. The third kappa shape index (κ3) is 6.05. The molecule has 1 N–H and O–H groups in total. The summed E-state index contributed by atoms with van der Waals surface area (Å²) in [6, 6.07) is 10.9. The summed E-state index contributed by atoms with van der Waals surface area (Å²) >= 11 is 0. The molecule has 3 rings (SSSR count). The van der Waals surface area contributed by atoms with Crippen LogP contribution in [0.2, 0.25) is 0 Å². The van der Waals surface area contributed by atoms with Gasteiger partial charge in [-0.1, -0.05) is 37.6 Å². The standard InChI is InChI=1S/C25H30FN3O5S/c1-3-4-15-27-24(31)18(2)28(17-19-11-13-20(26)14-12-19)23(30)10-7-16-29-25(32)21-8-5-6-9-22(21)35(29,33)34/h5-6,8-9,11-14,18H,3-4,7,10,15-17H2,1-2H3,(H,27,31)/t18-/m1/s1. The summed E-state index contributed by atoms with van der Waals surface area (Å²) in [5.74, 6) is -1.69. The van der Waals surface area contributed by atoms with E-state index in [1.807, 2.05) is 6.92 Å². The molecule has 1 atom stereocenters. The zero-order valence-electron chi connectivity index (χ0n) is 19.9. The van der Waals surface area contributed by atoms with E-state index in [2.05, 4.69) is 5.32 Å². The highest BCUT2D eigenvalue weighted by Crippen LogP contribution is 2.30. The third-order valence-electron chi connectivity index (χ3n) is 5.93. The zero-order valence-corrected chi connectivity index (χ0v) is 20.7. The van der Waals surface area contributed by atoms with Gasteiger partial charge in [0.1, 0.15) is 16.8 Å². The molecule has 8 nitrogen and oxygen atoms in total. The second-order valence-corrected chi connectivity index (χ2v) is 10.3. The van der Waals surface area contributed by atoms with Crippen LogP contribution in [-0.4, -0.2) is 54.5 Å². The quantitative estimate of drug-likeness (QED) is 0.475. The Morgan fingerprint density at radius 3 is 2.43 bits per heavy atom. The Kier molecular flexibility index (Phi) is 8.61. The highest BCUT2D eigenvalue weighted by molar-refractivity contribution is 7.90. The number of nitrogens with one attached hydrogen (secondary N) is 1. The first kappa shape index (κ1) is 26.3. The number of benzene rings is 2. The van der Waals surface area contributed by atoms with Gasteiger partial charge in [-0.2, -0.15) is 0 Å². The van der Waals surface area contributed by atoms with E-state index in [1.165, 1.54) is 29.2 Å². The lowest BCUT2D eigenvalue weighted by Gasteiger charge is -2.29.